The Balaban J connectivity index is 1.07. The van der Waals surface area contributed by atoms with Gasteiger partial charge < -0.3 is 15.1 Å². The van der Waals surface area contributed by atoms with Crippen LogP contribution in [0.3, 0.4) is 0 Å². The standard InChI is InChI=1S/C26H23FN4O2S2/c27-23-20-10-17(16-4-2-1-3-5-16)6-7-22(20)35-24(23)26(33)31-12-19(13-31)29-18-8-9-30(11-18)25(32)21-14-34-15-28-21/h1-7,10,14-15,18-19,29H,8-9,11-13H2/t18-/m0/s1. The molecule has 6 rings (SSSR count). The number of nitrogens with one attached hydrogen (secondary N) is 1. The third-order valence-electron chi connectivity index (χ3n) is 6.70. The molecule has 2 aromatic carbocycles. The number of likely N-dealkylation sites (tertiary alicyclic amines) is 2. The number of hydrogen-bond acceptors (Lipinski definition) is 6. The lowest BCUT2D eigenvalue weighted by Crippen LogP contribution is -2.62. The van der Waals surface area contributed by atoms with Crippen LogP contribution in [0, 0.1) is 5.82 Å². The second-order valence-electron chi connectivity index (χ2n) is 9.01. The lowest BCUT2D eigenvalue weighted by molar-refractivity contribution is 0.0553. The fraction of sp³-hybridized carbons (Fsp3) is 0.269. The average Bonchev–Trinajstić information content (AvgIpc) is 3.62. The first-order valence-corrected chi connectivity index (χ1v) is 13.3. The zero-order chi connectivity index (χ0) is 23.9. The van der Waals surface area contributed by atoms with Gasteiger partial charge in [0.15, 0.2) is 5.82 Å². The van der Waals surface area contributed by atoms with Gasteiger partial charge in [-0.1, -0.05) is 36.4 Å². The van der Waals surface area contributed by atoms with Crippen molar-refractivity contribution in [2.45, 2.75) is 18.5 Å². The van der Waals surface area contributed by atoms with Crippen molar-refractivity contribution in [2.75, 3.05) is 26.2 Å². The normalized spacial score (nSPS) is 18.3. The Bertz CT molecular complexity index is 1380. The molecule has 4 heterocycles. The van der Waals surface area contributed by atoms with Gasteiger partial charge in [-0.2, -0.15) is 0 Å². The maximum Gasteiger partial charge on any atom is 0.273 e. The molecule has 0 unspecified atom stereocenters. The van der Waals surface area contributed by atoms with E-state index in [4.69, 9.17) is 0 Å². The number of amides is 2. The SMILES string of the molecule is O=C(c1cscn1)N1CC[C@H](NC2CN(C(=O)c3sc4ccc(-c5ccccc5)cc4c3F)C2)C1. The number of carbonyl (C=O) groups is 2. The second kappa shape index (κ2) is 9.14. The summed E-state index contributed by atoms with van der Waals surface area (Å²) in [4.78, 5) is 33.3. The summed E-state index contributed by atoms with van der Waals surface area (Å²) >= 11 is 2.63. The van der Waals surface area contributed by atoms with Crippen molar-refractivity contribution < 1.29 is 14.0 Å². The van der Waals surface area contributed by atoms with Gasteiger partial charge >= 0.3 is 0 Å². The maximum atomic E-state index is 15.3. The Hall–Kier alpha value is -3.14. The van der Waals surface area contributed by atoms with E-state index in [1.807, 2.05) is 53.4 Å². The summed E-state index contributed by atoms with van der Waals surface area (Å²) < 4.78 is 16.0. The number of fused-ring (bicyclic) bond motifs is 1. The molecule has 0 radical (unpaired) electrons. The summed E-state index contributed by atoms with van der Waals surface area (Å²) in [7, 11) is 0. The molecule has 0 aliphatic carbocycles. The third-order valence-corrected chi connectivity index (χ3v) is 8.42. The van der Waals surface area contributed by atoms with Crippen molar-refractivity contribution in [1.29, 1.82) is 0 Å². The van der Waals surface area contributed by atoms with Crippen molar-refractivity contribution >= 4 is 44.6 Å². The number of halogens is 1. The van der Waals surface area contributed by atoms with Gasteiger partial charge in [-0.15, -0.1) is 22.7 Å². The number of nitrogens with zero attached hydrogens (tertiary/aromatic N) is 3. The highest BCUT2D eigenvalue weighted by molar-refractivity contribution is 7.20. The Morgan fingerprint density at radius 3 is 2.54 bits per heavy atom. The number of thiazole rings is 1. The van der Waals surface area contributed by atoms with Crippen LogP contribution in [0.4, 0.5) is 4.39 Å². The molecule has 0 bridgehead atoms. The lowest BCUT2D eigenvalue weighted by Gasteiger charge is -2.40. The van der Waals surface area contributed by atoms with E-state index in [0.717, 1.165) is 22.2 Å². The second-order valence-corrected chi connectivity index (χ2v) is 10.8. The van der Waals surface area contributed by atoms with Crippen molar-refractivity contribution in [2.24, 2.45) is 0 Å². The number of thiophene rings is 1. The summed E-state index contributed by atoms with van der Waals surface area (Å²) in [5, 5.41) is 5.82. The summed E-state index contributed by atoms with van der Waals surface area (Å²) in [5.74, 6) is -0.720. The molecule has 2 saturated heterocycles. The number of rotatable bonds is 5. The average molecular weight is 507 g/mol. The first kappa shape index (κ1) is 22.3. The molecule has 178 valence electrons. The van der Waals surface area contributed by atoms with Crippen molar-refractivity contribution in [1.82, 2.24) is 20.1 Å². The molecule has 35 heavy (non-hydrogen) atoms. The molecule has 2 fully saturated rings. The zero-order valence-electron chi connectivity index (χ0n) is 18.8. The molecule has 2 aromatic heterocycles. The van der Waals surface area contributed by atoms with Gasteiger partial charge in [0.2, 0.25) is 0 Å². The molecule has 0 saturated carbocycles. The van der Waals surface area contributed by atoms with E-state index in [1.54, 1.807) is 15.8 Å². The minimum Gasteiger partial charge on any atom is -0.336 e. The minimum atomic E-state index is -0.434. The van der Waals surface area contributed by atoms with Gasteiger partial charge in [0.25, 0.3) is 11.8 Å². The highest BCUT2D eigenvalue weighted by atomic mass is 32.1. The highest BCUT2D eigenvalue weighted by Gasteiger charge is 2.37. The van der Waals surface area contributed by atoms with Crippen LogP contribution < -0.4 is 5.32 Å². The van der Waals surface area contributed by atoms with Crippen LogP contribution in [-0.4, -0.2) is 64.9 Å². The quantitative estimate of drug-likeness (QED) is 0.433. The largest absolute Gasteiger partial charge is 0.336 e. The summed E-state index contributed by atoms with van der Waals surface area (Å²) in [5.41, 5.74) is 4.11. The zero-order valence-corrected chi connectivity index (χ0v) is 20.4. The molecule has 2 aliphatic rings. The van der Waals surface area contributed by atoms with Gasteiger partial charge in [-0.25, -0.2) is 9.37 Å². The number of aromatic nitrogens is 1. The molecule has 2 aliphatic heterocycles. The molecule has 1 atom stereocenters. The first-order chi connectivity index (χ1) is 17.1. The molecule has 2 amide bonds. The Morgan fingerprint density at radius 2 is 1.77 bits per heavy atom. The molecular formula is C26H23FN4O2S2. The Kier molecular flexibility index (Phi) is 5.83. The van der Waals surface area contributed by atoms with Crippen molar-refractivity contribution in [3.05, 3.63) is 75.8 Å². The van der Waals surface area contributed by atoms with Crippen LogP contribution in [0.1, 0.15) is 26.6 Å². The van der Waals surface area contributed by atoms with E-state index in [9.17, 15) is 9.59 Å². The van der Waals surface area contributed by atoms with Crippen LogP contribution in [0.2, 0.25) is 0 Å². The molecule has 0 spiro atoms. The number of hydrogen-bond donors (Lipinski definition) is 1. The van der Waals surface area contributed by atoms with Crippen LogP contribution in [-0.2, 0) is 0 Å². The fourth-order valence-electron chi connectivity index (χ4n) is 4.80. The maximum absolute atomic E-state index is 15.3. The highest BCUT2D eigenvalue weighted by Crippen LogP contribution is 2.34. The molecule has 1 N–H and O–H groups in total. The molecule has 6 nitrogen and oxygen atoms in total. The minimum absolute atomic E-state index is 0.0309. The Morgan fingerprint density at radius 1 is 0.971 bits per heavy atom. The van der Waals surface area contributed by atoms with Crippen molar-refractivity contribution in [3.63, 3.8) is 0 Å². The van der Waals surface area contributed by atoms with Crippen LogP contribution >= 0.6 is 22.7 Å². The van der Waals surface area contributed by atoms with Gasteiger partial charge in [-0.05, 0) is 29.7 Å². The number of carbonyl (C=O) groups excluding carboxylic acids is 2. The van der Waals surface area contributed by atoms with E-state index in [1.165, 1.54) is 22.7 Å². The third kappa shape index (κ3) is 4.24. The van der Waals surface area contributed by atoms with Crippen LogP contribution in [0.15, 0.2) is 59.4 Å². The van der Waals surface area contributed by atoms with E-state index in [2.05, 4.69) is 10.3 Å². The predicted molar refractivity (Wildman–Crippen MR) is 136 cm³/mol. The topological polar surface area (TPSA) is 65.5 Å². The number of benzene rings is 2. The van der Waals surface area contributed by atoms with Gasteiger partial charge in [-0.3, -0.25) is 9.59 Å². The van der Waals surface area contributed by atoms with E-state index in [0.29, 0.717) is 37.3 Å². The van der Waals surface area contributed by atoms with Crippen molar-refractivity contribution in [3.8, 4) is 11.1 Å². The van der Waals surface area contributed by atoms with E-state index >= 15 is 4.39 Å². The first-order valence-electron chi connectivity index (χ1n) is 11.6. The monoisotopic (exact) mass is 506 g/mol. The van der Waals surface area contributed by atoms with Crippen LogP contribution in [0.5, 0.6) is 0 Å². The summed E-state index contributed by atoms with van der Waals surface area (Å²) in [6.45, 7) is 2.41. The van der Waals surface area contributed by atoms with E-state index in [-0.39, 0.29) is 28.8 Å². The van der Waals surface area contributed by atoms with Gasteiger partial charge in [0, 0.05) is 53.7 Å². The summed E-state index contributed by atoms with van der Waals surface area (Å²) in [6.07, 6.45) is 0.870. The molecule has 4 aromatic rings. The molecule has 9 heteroatoms. The fourth-order valence-corrected chi connectivity index (χ4v) is 6.36. The van der Waals surface area contributed by atoms with E-state index < -0.39 is 5.82 Å². The lowest BCUT2D eigenvalue weighted by atomic mass is 10.0. The predicted octanol–water partition coefficient (Wildman–Crippen LogP) is 4.49. The van der Waals surface area contributed by atoms with Gasteiger partial charge in [0.05, 0.1) is 5.51 Å². The van der Waals surface area contributed by atoms with Gasteiger partial charge in [0.1, 0.15) is 10.6 Å². The summed E-state index contributed by atoms with van der Waals surface area (Å²) in [6, 6.07) is 15.9. The smallest absolute Gasteiger partial charge is 0.273 e. The Labute approximate surface area is 210 Å². The van der Waals surface area contributed by atoms with Crippen LogP contribution in [0.25, 0.3) is 21.2 Å². The molecular weight excluding hydrogens is 483 g/mol.